The zero-order chi connectivity index (χ0) is 13.8. The SMILES string of the molecule is CC(C)NS(=O)(=O)N1CC2(C)CC1CC(C)(C)C2. The highest BCUT2D eigenvalue weighted by molar-refractivity contribution is 7.87. The third-order valence-electron chi connectivity index (χ3n) is 4.06. The lowest BCUT2D eigenvalue weighted by Gasteiger charge is -2.39. The van der Waals surface area contributed by atoms with E-state index in [1.54, 1.807) is 4.31 Å². The Morgan fingerprint density at radius 2 is 1.83 bits per heavy atom. The molecule has 106 valence electrons. The van der Waals surface area contributed by atoms with Crippen LogP contribution in [0.3, 0.4) is 0 Å². The lowest BCUT2D eigenvalue weighted by atomic mass is 9.65. The summed E-state index contributed by atoms with van der Waals surface area (Å²) in [4.78, 5) is 0. The molecule has 0 radical (unpaired) electrons. The Bertz CT molecular complexity index is 430. The number of hydrogen-bond donors (Lipinski definition) is 1. The first-order chi connectivity index (χ1) is 8.03. The van der Waals surface area contributed by atoms with Crippen LogP contribution in [-0.4, -0.2) is 31.4 Å². The first-order valence-corrected chi connectivity index (χ1v) is 8.26. The van der Waals surface area contributed by atoms with Gasteiger partial charge < -0.3 is 0 Å². The minimum atomic E-state index is -3.32. The first-order valence-electron chi connectivity index (χ1n) is 6.82. The third-order valence-corrected chi connectivity index (χ3v) is 5.87. The quantitative estimate of drug-likeness (QED) is 0.857. The van der Waals surface area contributed by atoms with Crippen molar-refractivity contribution < 1.29 is 8.42 Å². The molecular formula is C13H26N2O2S. The molecule has 2 aliphatic rings. The van der Waals surface area contributed by atoms with E-state index in [0.717, 1.165) is 19.3 Å². The van der Waals surface area contributed by atoms with Gasteiger partial charge in [0, 0.05) is 18.6 Å². The molecule has 0 spiro atoms. The molecule has 2 atom stereocenters. The number of nitrogens with one attached hydrogen (secondary N) is 1. The smallest absolute Gasteiger partial charge is 0.200 e. The predicted octanol–water partition coefficient (Wildman–Crippen LogP) is 2.13. The van der Waals surface area contributed by atoms with E-state index in [9.17, 15) is 8.42 Å². The number of hydrogen-bond acceptors (Lipinski definition) is 2. The van der Waals surface area contributed by atoms with Crippen LogP contribution in [0.15, 0.2) is 0 Å². The Kier molecular flexibility index (Phi) is 3.32. The second kappa shape index (κ2) is 4.18. The number of rotatable bonds is 3. The van der Waals surface area contributed by atoms with E-state index in [4.69, 9.17) is 0 Å². The Balaban J connectivity index is 2.23. The summed E-state index contributed by atoms with van der Waals surface area (Å²) in [6.45, 7) is 11.1. The van der Waals surface area contributed by atoms with Crippen molar-refractivity contribution in [3.63, 3.8) is 0 Å². The van der Waals surface area contributed by atoms with Crippen molar-refractivity contribution in [1.29, 1.82) is 0 Å². The van der Waals surface area contributed by atoms with E-state index in [0.29, 0.717) is 6.54 Å². The summed E-state index contributed by atoms with van der Waals surface area (Å²) in [7, 11) is -3.32. The van der Waals surface area contributed by atoms with Crippen LogP contribution < -0.4 is 4.72 Å². The fourth-order valence-corrected chi connectivity index (χ4v) is 5.81. The van der Waals surface area contributed by atoms with Gasteiger partial charge in [-0.05, 0) is 43.9 Å². The van der Waals surface area contributed by atoms with E-state index in [1.165, 1.54) is 0 Å². The molecule has 0 aromatic heterocycles. The number of nitrogens with zero attached hydrogens (tertiary/aromatic N) is 1. The molecule has 4 nitrogen and oxygen atoms in total. The van der Waals surface area contributed by atoms with Gasteiger partial charge >= 0.3 is 0 Å². The number of fused-ring (bicyclic) bond motifs is 2. The van der Waals surface area contributed by atoms with Crippen LogP contribution in [0.25, 0.3) is 0 Å². The fraction of sp³-hybridized carbons (Fsp3) is 1.00. The molecule has 1 N–H and O–H groups in total. The van der Waals surface area contributed by atoms with E-state index in [-0.39, 0.29) is 22.9 Å². The van der Waals surface area contributed by atoms with Gasteiger partial charge in [-0.1, -0.05) is 20.8 Å². The monoisotopic (exact) mass is 274 g/mol. The van der Waals surface area contributed by atoms with Crippen molar-refractivity contribution in [2.75, 3.05) is 6.54 Å². The molecule has 0 aromatic rings. The van der Waals surface area contributed by atoms with Crippen LogP contribution in [0.1, 0.15) is 53.9 Å². The minimum absolute atomic E-state index is 0.0451. The summed E-state index contributed by atoms with van der Waals surface area (Å²) in [5, 5.41) is 0. The van der Waals surface area contributed by atoms with E-state index in [1.807, 2.05) is 13.8 Å². The van der Waals surface area contributed by atoms with Crippen molar-refractivity contribution >= 4 is 10.2 Å². The normalized spacial score (nSPS) is 36.2. The molecule has 1 aliphatic heterocycles. The predicted molar refractivity (Wildman–Crippen MR) is 73.4 cm³/mol. The minimum Gasteiger partial charge on any atom is -0.200 e. The summed E-state index contributed by atoms with van der Waals surface area (Å²) in [6, 6.07) is 0.131. The van der Waals surface area contributed by atoms with Gasteiger partial charge in [-0.3, -0.25) is 0 Å². The molecule has 1 heterocycles. The van der Waals surface area contributed by atoms with Crippen molar-refractivity contribution in [2.24, 2.45) is 10.8 Å². The molecule has 0 aromatic carbocycles. The van der Waals surface area contributed by atoms with Crippen LogP contribution in [0, 0.1) is 10.8 Å². The van der Waals surface area contributed by atoms with Crippen molar-refractivity contribution in [3.8, 4) is 0 Å². The van der Waals surface area contributed by atoms with Crippen molar-refractivity contribution in [3.05, 3.63) is 0 Å². The molecule has 2 unspecified atom stereocenters. The molecule has 5 heteroatoms. The molecule has 1 saturated carbocycles. The van der Waals surface area contributed by atoms with E-state index < -0.39 is 10.2 Å². The maximum absolute atomic E-state index is 12.4. The maximum atomic E-state index is 12.4. The van der Waals surface area contributed by atoms with Crippen LogP contribution >= 0.6 is 0 Å². The zero-order valence-electron chi connectivity index (χ0n) is 12.2. The first kappa shape index (κ1) is 14.3. The van der Waals surface area contributed by atoms with Gasteiger partial charge in [-0.2, -0.15) is 17.4 Å². The maximum Gasteiger partial charge on any atom is 0.279 e. The van der Waals surface area contributed by atoms with Gasteiger partial charge in [0.25, 0.3) is 10.2 Å². The fourth-order valence-electron chi connectivity index (χ4n) is 4.05. The van der Waals surface area contributed by atoms with Crippen LogP contribution in [0.5, 0.6) is 0 Å². The second-order valence-electron chi connectivity index (χ2n) is 7.54. The third kappa shape index (κ3) is 2.73. The molecule has 18 heavy (non-hydrogen) atoms. The highest BCUT2D eigenvalue weighted by Crippen LogP contribution is 2.53. The van der Waals surface area contributed by atoms with Crippen LogP contribution in [-0.2, 0) is 10.2 Å². The van der Waals surface area contributed by atoms with Gasteiger partial charge in [-0.15, -0.1) is 0 Å². The molecule has 2 rings (SSSR count). The summed E-state index contributed by atoms with van der Waals surface area (Å²) in [5.74, 6) is 0. The average molecular weight is 274 g/mol. The van der Waals surface area contributed by atoms with Gasteiger partial charge in [-0.25, -0.2) is 0 Å². The Labute approximate surface area is 111 Å². The molecule has 1 aliphatic carbocycles. The summed E-state index contributed by atoms with van der Waals surface area (Å²) < 4.78 is 29.1. The van der Waals surface area contributed by atoms with Crippen molar-refractivity contribution in [1.82, 2.24) is 9.03 Å². The topological polar surface area (TPSA) is 49.4 Å². The average Bonchev–Trinajstić information content (AvgIpc) is 2.32. The van der Waals surface area contributed by atoms with Crippen LogP contribution in [0.2, 0.25) is 0 Å². The van der Waals surface area contributed by atoms with Gasteiger partial charge in [0.05, 0.1) is 0 Å². The highest BCUT2D eigenvalue weighted by Gasteiger charge is 2.52. The standard InChI is InChI=1S/C13H26N2O2S/c1-10(2)14-18(16,17)15-9-13(5)7-11(15)6-12(3,4)8-13/h10-11,14H,6-9H2,1-5H3. The Hall–Kier alpha value is -0.130. The molecule has 1 saturated heterocycles. The molecule has 2 bridgehead atoms. The Morgan fingerprint density at radius 3 is 2.39 bits per heavy atom. The van der Waals surface area contributed by atoms with E-state index in [2.05, 4.69) is 25.5 Å². The van der Waals surface area contributed by atoms with Crippen LogP contribution in [0.4, 0.5) is 0 Å². The van der Waals surface area contributed by atoms with Gasteiger partial charge in [0.2, 0.25) is 0 Å². The largest absolute Gasteiger partial charge is 0.279 e. The molecule has 0 amide bonds. The van der Waals surface area contributed by atoms with E-state index >= 15 is 0 Å². The summed E-state index contributed by atoms with van der Waals surface area (Å²) in [5.41, 5.74) is 0.401. The molecule has 2 fully saturated rings. The summed E-state index contributed by atoms with van der Waals surface area (Å²) >= 11 is 0. The molecular weight excluding hydrogens is 248 g/mol. The van der Waals surface area contributed by atoms with Gasteiger partial charge in [0.15, 0.2) is 0 Å². The summed E-state index contributed by atoms with van der Waals surface area (Å²) in [6.07, 6.45) is 3.10. The second-order valence-corrected chi connectivity index (χ2v) is 9.19. The lowest BCUT2D eigenvalue weighted by molar-refractivity contribution is 0.133. The zero-order valence-corrected chi connectivity index (χ0v) is 13.0. The van der Waals surface area contributed by atoms with Gasteiger partial charge in [0.1, 0.15) is 0 Å². The van der Waals surface area contributed by atoms with Crippen molar-refractivity contribution in [2.45, 2.75) is 66.0 Å². The Morgan fingerprint density at radius 1 is 1.22 bits per heavy atom. The lowest BCUT2D eigenvalue weighted by Crippen LogP contribution is -2.46. The highest BCUT2D eigenvalue weighted by atomic mass is 32.2.